The van der Waals surface area contributed by atoms with E-state index < -0.39 is 11.9 Å². The highest BCUT2D eigenvalue weighted by molar-refractivity contribution is 5.87. The summed E-state index contributed by atoms with van der Waals surface area (Å²) < 4.78 is 13.7. The van der Waals surface area contributed by atoms with E-state index >= 15 is 0 Å². The van der Waals surface area contributed by atoms with Gasteiger partial charge >= 0.3 is 23.9 Å². The average Bonchev–Trinajstić information content (AvgIpc) is 3.00. The maximum atomic E-state index is 11.1. The lowest BCUT2D eigenvalue weighted by atomic mass is 10.2. The Labute approximate surface area is 251 Å². The van der Waals surface area contributed by atoms with Crippen LogP contribution in [0.1, 0.15) is 65.4 Å². The van der Waals surface area contributed by atoms with Gasteiger partial charge in [-0.15, -0.1) is 0 Å². The Kier molecular flexibility index (Phi) is 35.1. The van der Waals surface area contributed by atoms with E-state index in [1.807, 2.05) is 43.3 Å². The number of ether oxygens (including phenoxy) is 3. The van der Waals surface area contributed by atoms with Crippen LogP contribution < -0.4 is 0 Å². The van der Waals surface area contributed by atoms with Gasteiger partial charge in [-0.05, 0) is 32.3 Å². The summed E-state index contributed by atoms with van der Waals surface area (Å²) in [5.41, 5.74) is 2.52. The monoisotopic (exact) mass is 590 g/mol. The van der Waals surface area contributed by atoms with Gasteiger partial charge in [0.1, 0.15) is 6.61 Å². The molecule has 0 bridgehead atoms. The molecule has 0 aliphatic rings. The molecule has 0 aromatic heterocycles. The third-order valence-corrected chi connectivity index (χ3v) is 4.36. The van der Waals surface area contributed by atoms with Gasteiger partial charge in [0.15, 0.2) is 0 Å². The normalized spacial score (nSPS) is 8.52. The average molecular weight is 591 g/mol. The maximum absolute atomic E-state index is 11.1. The standard InChI is InChI=1S/C11H20O2.C8H8.C6H10O3.C5H8O2.C3H4O2/c1-4-6-7-8-9-13-11(12)10(3)5-2;1-2-8-6-4-3-5-7-8;1-5(2)6(8)9-4-3-7;1-4(2)5(6)7-3;1-2-3(4)5/h3-9H2,1-2H3;2-7H,1H2;7H,1,3-4H2,2H3;1H2,2-3H3;2H,1H2,(H,4,5). The van der Waals surface area contributed by atoms with E-state index in [1.165, 1.54) is 25.5 Å². The predicted octanol–water partition coefficient (Wildman–Crippen LogP) is 6.50. The number of unbranched alkanes of at least 4 members (excludes halogenated alkanes) is 3. The van der Waals surface area contributed by atoms with Crippen LogP contribution >= 0.6 is 0 Å². The molecule has 2 N–H and O–H groups in total. The summed E-state index contributed by atoms with van der Waals surface area (Å²) in [7, 11) is 1.33. The van der Waals surface area contributed by atoms with Crippen LogP contribution in [-0.2, 0) is 33.4 Å². The van der Waals surface area contributed by atoms with Crippen LogP contribution in [0.5, 0.6) is 0 Å². The molecular formula is C33H50O9. The molecule has 0 heterocycles. The van der Waals surface area contributed by atoms with E-state index in [0.29, 0.717) is 29.7 Å². The van der Waals surface area contributed by atoms with E-state index in [-0.39, 0.29) is 25.2 Å². The topological polar surface area (TPSA) is 136 Å². The molecule has 0 saturated carbocycles. The van der Waals surface area contributed by atoms with Gasteiger partial charge in [0, 0.05) is 22.8 Å². The van der Waals surface area contributed by atoms with Crippen LogP contribution in [0.15, 0.2) is 86.0 Å². The van der Waals surface area contributed by atoms with Crippen molar-refractivity contribution < 1.29 is 43.6 Å². The first-order valence-corrected chi connectivity index (χ1v) is 13.3. The first-order valence-electron chi connectivity index (χ1n) is 13.3. The van der Waals surface area contributed by atoms with E-state index in [1.54, 1.807) is 13.8 Å². The number of aliphatic hydroxyl groups is 1. The van der Waals surface area contributed by atoms with Crippen LogP contribution in [0, 0.1) is 0 Å². The fraction of sp³-hybridized carbons (Fsp3) is 0.394. The SMILES string of the molecule is C=C(C)C(=O)OC.C=C(C)C(=O)OCCO.C=C(CC)C(=O)OCCCCCC.C=CC(=O)O.C=Cc1ccccc1. The van der Waals surface area contributed by atoms with Gasteiger partial charge in [0.25, 0.3) is 0 Å². The maximum Gasteiger partial charge on any atom is 0.333 e. The summed E-state index contributed by atoms with van der Waals surface area (Å²) in [5, 5.41) is 15.8. The van der Waals surface area contributed by atoms with Crippen molar-refractivity contribution >= 4 is 30.0 Å². The van der Waals surface area contributed by atoms with Gasteiger partial charge in [-0.25, -0.2) is 19.2 Å². The summed E-state index contributed by atoms with van der Waals surface area (Å²) >= 11 is 0. The number of benzene rings is 1. The summed E-state index contributed by atoms with van der Waals surface area (Å²) in [6, 6.07) is 10.0. The van der Waals surface area contributed by atoms with Crippen LogP contribution in [-0.4, -0.2) is 61.0 Å². The number of hydrogen-bond donors (Lipinski definition) is 2. The number of hydrogen-bond acceptors (Lipinski definition) is 8. The Balaban J connectivity index is -0.000000222. The molecule has 0 saturated heterocycles. The lowest BCUT2D eigenvalue weighted by molar-refractivity contribution is -0.140. The second-order valence-corrected chi connectivity index (χ2v) is 8.22. The van der Waals surface area contributed by atoms with Crippen LogP contribution in [0.2, 0.25) is 0 Å². The number of carboxylic acid groups (broad SMARTS) is 1. The largest absolute Gasteiger partial charge is 0.478 e. The van der Waals surface area contributed by atoms with Crippen LogP contribution in [0.3, 0.4) is 0 Å². The highest BCUT2D eigenvalue weighted by Crippen LogP contribution is 2.03. The van der Waals surface area contributed by atoms with Crippen molar-refractivity contribution in [1.82, 2.24) is 0 Å². The minimum absolute atomic E-state index is 0.0473. The fourth-order valence-electron chi connectivity index (χ4n) is 1.96. The van der Waals surface area contributed by atoms with E-state index in [2.05, 4.69) is 49.3 Å². The second-order valence-electron chi connectivity index (χ2n) is 8.22. The minimum Gasteiger partial charge on any atom is -0.478 e. The number of rotatable bonds is 13. The van der Waals surface area contributed by atoms with Crippen molar-refractivity contribution in [3.63, 3.8) is 0 Å². The zero-order valence-electron chi connectivity index (χ0n) is 26.0. The Morgan fingerprint density at radius 2 is 1.31 bits per heavy atom. The number of aliphatic hydroxyl groups excluding tert-OH is 1. The number of carbonyl (C=O) groups excluding carboxylic acids is 3. The lowest BCUT2D eigenvalue weighted by Crippen LogP contribution is -2.08. The molecule has 0 aliphatic heterocycles. The summed E-state index contributed by atoms with van der Waals surface area (Å²) in [6.07, 6.45) is 7.87. The molecular weight excluding hydrogens is 540 g/mol. The molecule has 0 spiro atoms. The molecule has 0 unspecified atom stereocenters. The molecule has 0 fully saturated rings. The van der Waals surface area contributed by atoms with Crippen molar-refractivity contribution in [1.29, 1.82) is 0 Å². The lowest BCUT2D eigenvalue weighted by Gasteiger charge is -2.04. The molecule has 1 aromatic rings. The number of carboxylic acids is 1. The Hall–Kier alpha value is -4.24. The van der Waals surface area contributed by atoms with Gasteiger partial charge in [0.05, 0.1) is 20.3 Å². The van der Waals surface area contributed by atoms with Crippen molar-refractivity contribution in [3.8, 4) is 0 Å². The quantitative estimate of drug-likeness (QED) is 0.114. The Bertz CT molecular complexity index is 948. The fourth-order valence-corrected chi connectivity index (χ4v) is 1.96. The molecule has 9 nitrogen and oxygen atoms in total. The van der Waals surface area contributed by atoms with Gasteiger partial charge in [0.2, 0.25) is 0 Å². The van der Waals surface area contributed by atoms with Crippen molar-refractivity contribution in [2.24, 2.45) is 0 Å². The predicted molar refractivity (Wildman–Crippen MR) is 169 cm³/mol. The molecule has 42 heavy (non-hydrogen) atoms. The molecule has 1 rings (SSSR count). The van der Waals surface area contributed by atoms with Gasteiger partial charge in [-0.2, -0.15) is 0 Å². The van der Waals surface area contributed by atoms with Gasteiger partial charge in [-0.1, -0.05) is 102 Å². The van der Waals surface area contributed by atoms with Gasteiger partial charge < -0.3 is 24.4 Å². The molecule has 0 aliphatic carbocycles. The van der Waals surface area contributed by atoms with Crippen LogP contribution in [0.4, 0.5) is 0 Å². The van der Waals surface area contributed by atoms with E-state index in [9.17, 15) is 19.2 Å². The zero-order valence-corrected chi connectivity index (χ0v) is 26.0. The van der Waals surface area contributed by atoms with Crippen molar-refractivity contribution in [2.45, 2.75) is 59.8 Å². The third kappa shape index (κ3) is 35.8. The smallest absolute Gasteiger partial charge is 0.333 e. The third-order valence-electron chi connectivity index (χ3n) is 4.36. The molecule has 0 atom stereocenters. The van der Waals surface area contributed by atoms with E-state index in [0.717, 1.165) is 18.9 Å². The molecule has 0 radical (unpaired) electrons. The summed E-state index contributed by atoms with van der Waals surface area (Å²) in [6.45, 7) is 24.6. The number of aliphatic carboxylic acids is 1. The first-order chi connectivity index (χ1) is 19.8. The highest BCUT2D eigenvalue weighted by atomic mass is 16.5. The molecule has 1 aromatic carbocycles. The van der Waals surface area contributed by atoms with Crippen LogP contribution in [0.25, 0.3) is 6.08 Å². The highest BCUT2D eigenvalue weighted by Gasteiger charge is 2.04. The molecule has 9 heteroatoms. The second kappa shape index (κ2) is 33.0. The minimum atomic E-state index is -0.981. The molecule has 236 valence electrons. The van der Waals surface area contributed by atoms with Crippen molar-refractivity contribution in [2.75, 3.05) is 26.9 Å². The zero-order chi connectivity index (χ0) is 33.3. The Morgan fingerprint density at radius 1 is 0.810 bits per heavy atom. The van der Waals surface area contributed by atoms with E-state index in [4.69, 9.17) is 14.9 Å². The van der Waals surface area contributed by atoms with Gasteiger partial charge in [-0.3, -0.25) is 0 Å². The molecule has 0 amide bonds. The first kappa shape index (κ1) is 44.8. The number of esters is 3. The summed E-state index contributed by atoms with van der Waals surface area (Å²) in [4.78, 5) is 41.0. The number of carbonyl (C=O) groups is 4. The van der Waals surface area contributed by atoms with Crippen molar-refractivity contribution in [3.05, 3.63) is 91.6 Å². The summed E-state index contributed by atoms with van der Waals surface area (Å²) in [5.74, 6) is -2.02. The Morgan fingerprint density at radius 3 is 1.62 bits per heavy atom. The number of methoxy groups -OCH3 is 1.